The Bertz CT molecular complexity index is 677. The third kappa shape index (κ3) is 5.35. The highest BCUT2D eigenvalue weighted by Crippen LogP contribution is 2.31. The second-order valence-corrected chi connectivity index (χ2v) is 6.82. The normalized spacial score (nSPS) is 23.4. The zero-order chi connectivity index (χ0) is 19.1. The molecule has 0 saturated carbocycles. The molecule has 1 aromatic carbocycles. The van der Waals surface area contributed by atoms with Gasteiger partial charge in [0.15, 0.2) is 0 Å². The van der Waals surface area contributed by atoms with Gasteiger partial charge in [0.25, 0.3) is 0 Å². The number of ether oxygens (including phenoxy) is 3. The van der Waals surface area contributed by atoms with Crippen molar-refractivity contribution in [2.24, 2.45) is 5.92 Å². The zero-order valence-corrected chi connectivity index (χ0v) is 16.0. The maximum atomic E-state index is 12.8. The number of allylic oxidation sites excluding steroid dienone is 1. The second kappa shape index (κ2) is 9.41. The number of esters is 1. The SMILES string of the molecule is COc1cc2c(c(OC)c1)C(=O)O[C@@H](C)CCCC(=O)CC[C@H](C)/C=C/2. The summed E-state index contributed by atoms with van der Waals surface area (Å²) in [5, 5.41) is 0. The molecule has 0 aliphatic carbocycles. The monoisotopic (exact) mass is 360 g/mol. The predicted octanol–water partition coefficient (Wildman–Crippen LogP) is 4.43. The van der Waals surface area contributed by atoms with Crippen LogP contribution in [0.1, 0.15) is 61.9 Å². The molecule has 0 aromatic heterocycles. The van der Waals surface area contributed by atoms with E-state index in [1.807, 2.05) is 19.1 Å². The van der Waals surface area contributed by atoms with Crippen LogP contribution in [0.3, 0.4) is 0 Å². The molecule has 0 spiro atoms. The van der Waals surface area contributed by atoms with Gasteiger partial charge in [-0.1, -0.05) is 19.1 Å². The van der Waals surface area contributed by atoms with Crippen molar-refractivity contribution < 1.29 is 23.8 Å². The first-order chi connectivity index (χ1) is 12.4. The van der Waals surface area contributed by atoms with E-state index in [4.69, 9.17) is 14.2 Å². The Morgan fingerprint density at radius 1 is 1.04 bits per heavy atom. The van der Waals surface area contributed by atoms with Gasteiger partial charge in [0.1, 0.15) is 22.8 Å². The summed E-state index contributed by atoms with van der Waals surface area (Å²) in [4.78, 5) is 24.7. The summed E-state index contributed by atoms with van der Waals surface area (Å²) < 4.78 is 16.3. The molecular formula is C21H28O5. The quantitative estimate of drug-likeness (QED) is 0.730. The van der Waals surface area contributed by atoms with E-state index in [2.05, 4.69) is 6.92 Å². The molecule has 2 atom stereocenters. The van der Waals surface area contributed by atoms with Crippen LogP contribution in [0.4, 0.5) is 0 Å². The van der Waals surface area contributed by atoms with Crippen LogP contribution in [-0.4, -0.2) is 32.1 Å². The fourth-order valence-corrected chi connectivity index (χ4v) is 3.00. The number of carbonyl (C=O) groups is 2. The third-order valence-electron chi connectivity index (χ3n) is 4.62. The Kier molecular flexibility index (Phi) is 7.25. The van der Waals surface area contributed by atoms with Crippen molar-refractivity contribution in [3.05, 3.63) is 29.3 Å². The maximum Gasteiger partial charge on any atom is 0.342 e. The van der Waals surface area contributed by atoms with Crippen LogP contribution in [0.25, 0.3) is 6.08 Å². The van der Waals surface area contributed by atoms with Gasteiger partial charge in [0.2, 0.25) is 0 Å². The largest absolute Gasteiger partial charge is 0.497 e. The standard InChI is InChI=1S/C21H28O5/c1-14-8-10-16-12-18(24-3)13-19(25-4)20(16)21(23)26-15(2)6-5-7-17(22)11-9-14/h8,10,12-15H,5-7,9,11H2,1-4H3/b10-8+/t14-,15+/m1/s1. The Hall–Kier alpha value is -2.30. The molecule has 2 rings (SSSR count). The topological polar surface area (TPSA) is 61.8 Å². The fraction of sp³-hybridized carbons (Fsp3) is 0.524. The van der Waals surface area contributed by atoms with Crippen molar-refractivity contribution >= 4 is 17.8 Å². The number of methoxy groups -OCH3 is 2. The smallest absolute Gasteiger partial charge is 0.342 e. The summed E-state index contributed by atoms with van der Waals surface area (Å²) in [5.74, 6) is 1.10. The average Bonchev–Trinajstić information content (AvgIpc) is 2.62. The van der Waals surface area contributed by atoms with E-state index in [9.17, 15) is 9.59 Å². The van der Waals surface area contributed by atoms with Crippen molar-refractivity contribution in [2.75, 3.05) is 14.2 Å². The molecule has 5 heteroatoms. The van der Waals surface area contributed by atoms with Gasteiger partial charge in [-0.15, -0.1) is 0 Å². The molecule has 0 saturated heterocycles. The van der Waals surface area contributed by atoms with Gasteiger partial charge in [0.05, 0.1) is 20.3 Å². The lowest BCUT2D eigenvalue weighted by atomic mass is 9.97. The molecule has 0 amide bonds. The van der Waals surface area contributed by atoms with Gasteiger partial charge < -0.3 is 14.2 Å². The van der Waals surface area contributed by atoms with E-state index in [1.165, 1.54) is 7.11 Å². The lowest BCUT2D eigenvalue weighted by Gasteiger charge is -2.18. The highest BCUT2D eigenvalue weighted by Gasteiger charge is 2.22. The number of benzene rings is 1. The van der Waals surface area contributed by atoms with Gasteiger partial charge in [-0.25, -0.2) is 4.79 Å². The van der Waals surface area contributed by atoms with Gasteiger partial charge in [0, 0.05) is 18.9 Å². The highest BCUT2D eigenvalue weighted by molar-refractivity contribution is 5.97. The van der Waals surface area contributed by atoms with E-state index in [-0.39, 0.29) is 17.8 Å². The van der Waals surface area contributed by atoms with E-state index in [0.29, 0.717) is 41.9 Å². The summed E-state index contributed by atoms with van der Waals surface area (Å²) >= 11 is 0. The third-order valence-corrected chi connectivity index (χ3v) is 4.62. The number of cyclic esters (lactones) is 1. The zero-order valence-electron chi connectivity index (χ0n) is 16.0. The van der Waals surface area contributed by atoms with Crippen LogP contribution >= 0.6 is 0 Å². The molecule has 0 radical (unpaired) electrons. The molecule has 1 aliphatic rings. The Morgan fingerprint density at radius 2 is 1.81 bits per heavy atom. The van der Waals surface area contributed by atoms with Crippen LogP contribution in [-0.2, 0) is 9.53 Å². The van der Waals surface area contributed by atoms with Crippen molar-refractivity contribution in [1.82, 2.24) is 0 Å². The van der Waals surface area contributed by atoms with Gasteiger partial charge in [-0.05, 0) is 43.7 Å². The molecule has 26 heavy (non-hydrogen) atoms. The van der Waals surface area contributed by atoms with Crippen molar-refractivity contribution in [3.8, 4) is 11.5 Å². The van der Waals surface area contributed by atoms with Crippen LogP contribution < -0.4 is 9.47 Å². The van der Waals surface area contributed by atoms with Gasteiger partial charge >= 0.3 is 5.97 Å². The number of hydrogen-bond donors (Lipinski definition) is 0. The molecule has 142 valence electrons. The van der Waals surface area contributed by atoms with Gasteiger partial charge in [-0.2, -0.15) is 0 Å². The number of fused-ring (bicyclic) bond motifs is 1. The molecule has 1 heterocycles. The summed E-state index contributed by atoms with van der Waals surface area (Å²) in [6, 6.07) is 3.48. The molecule has 0 N–H and O–H groups in total. The van der Waals surface area contributed by atoms with E-state index < -0.39 is 5.97 Å². The first-order valence-electron chi connectivity index (χ1n) is 9.11. The fourth-order valence-electron chi connectivity index (χ4n) is 3.00. The van der Waals surface area contributed by atoms with Crippen molar-refractivity contribution in [2.45, 2.75) is 52.1 Å². The molecule has 1 aromatic rings. The highest BCUT2D eigenvalue weighted by atomic mass is 16.5. The molecule has 0 unspecified atom stereocenters. The molecule has 0 bridgehead atoms. The average molecular weight is 360 g/mol. The Labute approximate surface area is 155 Å². The first kappa shape index (κ1) is 20.0. The minimum Gasteiger partial charge on any atom is -0.497 e. The van der Waals surface area contributed by atoms with Crippen LogP contribution in [0.2, 0.25) is 0 Å². The number of hydrogen-bond acceptors (Lipinski definition) is 5. The molecule has 1 aliphatic heterocycles. The lowest BCUT2D eigenvalue weighted by Crippen LogP contribution is -2.17. The maximum absolute atomic E-state index is 12.8. The Morgan fingerprint density at radius 3 is 2.50 bits per heavy atom. The summed E-state index contributed by atoms with van der Waals surface area (Å²) in [7, 11) is 3.09. The minimum atomic E-state index is -0.423. The number of Topliss-reactive ketones (excluding diaryl/α,β-unsaturated/α-hetero) is 1. The molecule has 0 fully saturated rings. The number of rotatable bonds is 2. The van der Waals surface area contributed by atoms with E-state index in [0.717, 1.165) is 12.8 Å². The summed E-state index contributed by atoms with van der Waals surface area (Å²) in [5.41, 5.74) is 1.09. The summed E-state index contributed by atoms with van der Waals surface area (Å²) in [6.45, 7) is 3.91. The predicted molar refractivity (Wildman–Crippen MR) is 101 cm³/mol. The number of carbonyl (C=O) groups excluding carboxylic acids is 2. The second-order valence-electron chi connectivity index (χ2n) is 6.82. The van der Waals surface area contributed by atoms with Crippen LogP contribution in [0.15, 0.2) is 18.2 Å². The van der Waals surface area contributed by atoms with E-state index in [1.54, 1.807) is 19.2 Å². The number of ketones is 1. The minimum absolute atomic E-state index is 0.224. The molecule has 5 nitrogen and oxygen atoms in total. The summed E-state index contributed by atoms with van der Waals surface area (Å²) in [6.07, 6.45) is 6.93. The van der Waals surface area contributed by atoms with E-state index >= 15 is 0 Å². The van der Waals surface area contributed by atoms with Crippen LogP contribution in [0.5, 0.6) is 11.5 Å². The lowest BCUT2D eigenvalue weighted by molar-refractivity contribution is -0.119. The van der Waals surface area contributed by atoms with Gasteiger partial charge in [-0.3, -0.25) is 4.79 Å². The van der Waals surface area contributed by atoms with Crippen molar-refractivity contribution in [1.29, 1.82) is 0 Å². The van der Waals surface area contributed by atoms with Crippen molar-refractivity contribution in [3.63, 3.8) is 0 Å². The first-order valence-corrected chi connectivity index (χ1v) is 9.11. The Balaban J connectivity index is 2.45. The van der Waals surface area contributed by atoms with Crippen LogP contribution in [0, 0.1) is 5.92 Å². The molecular weight excluding hydrogens is 332 g/mol.